The Morgan fingerprint density at radius 3 is 2.32 bits per heavy atom. The largest absolute Gasteiger partial charge is 0.463 e. The lowest BCUT2D eigenvalue weighted by atomic mass is 9.95. The van der Waals surface area contributed by atoms with Crippen molar-refractivity contribution in [3.8, 4) is 0 Å². The highest BCUT2D eigenvalue weighted by Gasteiger charge is 2.34. The molecular weight excluding hydrogens is 416 g/mol. The fourth-order valence-corrected chi connectivity index (χ4v) is 3.98. The van der Waals surface area contributed by atoms with Crippen LogP contribution in [0.1, 0.15) is 25.5 Å². The van der Waals surface area contributed by atoms with Crippen LogP contribution >= 0.6 is 11.8 Å². The van der Waals surface area contributed by atoms with Crippen LogP contribution in [0.4, 0.5) is 4.79 Å². The van der Waals surface area contributed by atoms with Crippen molar-refractivity contribution in [2.45, 2.75) is 30.0 Å². The number of thioether (sulfide) groups is 1. The van der Waals surface area contributed by atoms with Gasteiger partial charge in [0.15, 0.2) is 0 Å². The topological polar surface area (TPSA) is 93.7 Å². The Labute approximate surface area is 185 Å². The normalized spacial score (nSPS) is 16.7. The number of urea groups is 1. The summed E-state index contributed by atoms with van der Waals surface area (Å²) in [5.41, 5.74) is 1.14. The number of esters is 2. The van der Waals surface area contributed by atoms with E-state index in [-0.39, 0.29) is 24.5 Å². The van der Waals surface area contributed by atoms with Gasteiger partial charge in [-0.3, -0.25) is 4.79 Å². The first-order chi connectivity index (χ1) is 15.0. The van der Waals surface area contributed by atoms with Gasteiger partial charge in [0.2, 0.25) is 0 Å². The van der Waals surface area contributed by atoms with Crippen molar-refractivity contribution in [2.75, 3.05) is 13.2 Å². The number of hydrogen-bond acceptors (Lipinski definition) is 6. The molecule has 2 amide bonds. The molecule has 0 unspecified atom stereocenters. The number of carbonyl (C=O) groups excluding carboxylic acids is 3. The molecule has 8 heteroatoms. The van der Waals surface area contributed by atoms with Crippen molar-refractivity contribution in [3.05, 3.63) is 77.5 Å². The Bertz CT molecular complexity index is 962. The lowest BCUT2D eigenvalue weighted by Crippen LogP contribution is -2.47. The second kappa shape index (κ2) is 10.7. The van der Waals surface area contributed by atoms with E-state index in [0.717, 1.165) is 10.5 Å². The van der Waals surface area contributed by atoms with Crippen LogP contribution < -0.4 is 10.6 Å². The Kier molecular flexibility index (Phi) is 7.72. The SMILES string of the molecule is CCOC(=O)C1=C(COC(=O)[C@H](C)Sc2ccccc2)NC(=O)N[C@@H]1c1ccccc1. The summed E-state index contributed by atoms with van der Waals surface area (Å²) in [6.07, 6.45) is 0. The van der Waals surface area contributed by atoms with E-state index in [1.165, 1.54) is 11.8 Å². The molecule has 2 N–H and O–H groups in total. The zero-order valence-corrected chi connectivity index (χ0v) is 18.1. The summed E-state index contributed by atoms with van der Waals surface area (Å²) in [5.74, 6) is -1.03. The van der Waals surface area contributed by atoms with E-state index in [0.29, 0.717) is 0 Å². The number of amides is 2. The van der Waals surface area contributed by atoms with Gasteiger partial charge in [-0.05, 0) is 31.5 Å². The third kappa shape index (κ3) is 5.88. The second-order valence-electron chi connectivity index (χ2n) is 6.74. The van der Waals surface area contributed by atoms with Gasteiger partial charge in [-0.25, -0.2) is 9.59 Å². The average molecular weight is 441 g/mol. The zero-order valence-electron chi connectivity index (χ0n) is 17.3. The maximum atomic E-state index is 12.7. The van der Waals surface area contributed by atoms with E-state index < -0.39 is 29.3 Å². The summed E-state index contributed by atoms with van der Waals surface area (Å²) >= 11 is 1.37. The molecule has 0 saturated heterocycles. The lowest BCUT2D eigenvalue weighted by molar-refractivity contribution is -0.143. The van der Waals surface area contributed by atoms with Gasteiger partial charge >= 0.3 is 18.0 Å². The number of ether oxygens (including phenoxy) is 2. The van der Waals surface area contributed by atoms with Gasteiger partial charge in [-0.15, -0.1) is 11.8 Å². The summed E-state index contributed by atoms with van der Waals surface area (Å²) in [6.45, 7) is 3.38. The van der Waals surface area contributed by atoms with Crippen LogP contribution in [-0.4, -0.2) is 36.4 Å². The van der Waals surface area contributed by atoms with Crippen molar-refractivity contribution < 1.29 is 23.9 Å². The smallest absolute Gasteiger partial charge is 0.338 e. The van der Waals surface area contributed by atoms with Crippen LogP contribution in [0.15, 0.2) is 76.8 Å². The molecule has 1 heterocycles. The maximum absolute atomic E-state index is 12.7. The second-order valence-corrected chi connectivity index (χ2v) is 8.15. The molecule has 162 valence electrons. The Morgan fingerprint density at radius 2 is 1.68 bits per heavy atom. The van der Waals surface area contributed by atoms with Crippen LogP contribution in [0.2, 0.25) is 0 Å². The van der Waals surface area contributed by atoms with Gasteiger partial charge in [0.25, 0.3) is 0 Å². The third-order valence-corrected chi connectivity index (χ3v) is 5.62. The van der Waals surface area contributed by atoms with Crippen LogP contribution in [0.5, 0.6) is 0 Å². The molecule has 31 heavy (non-hydrogen) atoms. The minimum absolute atomic E-state index is 0.176. The monoisotopic (exact) mass is 440 g/mol. The molecule has 2 aromatic rings. The molecule has 1 aliphatic heterocycles. The number of carbonyl (C=O) groups is 3. The zero-order chi connectivity index (χ0) is 22.2. The molecule has 0 saturated carbocycles. The molecule has 0 bridgehead atoms. The maximum Gasteiger partial charge on any atom is 0.338 e. The van der Waals surface area contributed by atoms with E-state index in [2.05, 4.69) is 10.6 Å². The van der Waals surface area contributed by atoms with E-state index in [1.807, 2.05) is 48.5 Å². The van der Waals surface area contributed by atoms with E-state index in [1.54, 1.807) is 26.0 Å². The molecule has 0 aromatic heterocycles. The summed E-state index contributed by atoms with van der Waals surface area (Å²) in [5, 5.41) is 4.87. The molecule has 0 aliphatic carbocycles. The summed E-state index contributed by atoms with van der Waals surface area (Å²) in [7, 11) is 0. The van der Waals surface area contributed by atoms with E-state index in [9.17, 15) is 14.4 Å². The van der Waals surface area contributed by atoms with Crippen LogP contribution in [0.3, 0.4) is 0 Å². The molecule has 0 spiro atoms. The third-order valence-electron chi connectivity index (χ3n) is 4.53. The number of rotatable bonds is 8. The molecule has 1 aliphatic rings. The standard InChI is InChI=1S/C23H24N2O5S/c1-3-29-22(27)19-18(24-23(28)25-20(19)16-10-6-4-7-11-16)14-30-21(26)15(2)31-17-12-8-5-9-13-17/h4-13,15,20H,3,14H2,1-2H3,(H2,24,25,28)/t15-,20+/m0/s1. The first-order valence-electron chi connectivity index (χ1n) is 9.90. The highest BCUT2D eigenvalue weighted by atomic mass is 32.2. The van der Waals surface area contributed by atoms with Crippen molar-refractivity contribution in [1.29, 1.82) is 0 Å². The number of benzene rings is 2. The molecule has 2 atom stereocenters. The minimum Gasteiger partial charge on any atom is -0.463 e. The van der Waals surface area contributed by atoms with Gasteiger partial charge in [-0.2, -0.15) is 0 Å². The van der Waals surface area contributed by atoms with Crippen molar-refractivity contribution in [2.24, 2.45) is 0 Å². The average Bonchev–Trinajstić information content (AvgIpc) is 2.78. The van der Waals surface area contributed by atoms with Crippen molar-refractivity contribution in [3.63, 3.8) is 0 Å². The fourth-order valence-electron chi connectivity index (χ4n) is 3.09. The summed E-state index contributed by atoms with van der Waals surface area (Å²) in [4.78, 5) is 38.4. The van der Waals surface area contributed by atoms with Gasteiger partial charge in [-0.1, -0.05) is 48.5 Å². The van der Waals surface area contributed by atoms with Gasteiger partial charge in [0.1, 0.15) is 11.9 Å². The molecule has 3 rings (SSSR count). The first-order valence-corrected chi connectivity index (χ1v) is 10.8. The van der Waals surface area contributed by atoms with E-state index >= 15 is 0 Å². The van der Waals surface area contributed by atoms with Gasteiger partial charge < -0.3 is 20.1 Å². The Morgan fingerprint density at radius 1 is 1.03 bits per heavy atom. The lowest BCUT2D eigenvalue weighted by Gasteiger charge is -2.29. The predicted molar refractivity (Wildman–Crippen MR) is 117 cm³/mol. The number of hydrogen-bond donors (Lipinski definition) is 2. The van der Waals surface area contributed by atoms with Crippen molar-refractivity contribution >= 4 is 29.7 Å². The highest BCUT2D eigenvalue weighted by molar-refractivity contribution is 8.00. The summed E-state index contributed by atoms with van der Waals surface area (Å²) in [6, 6.07) is 17.4. The quantitative estimate of drug-likeness (QED) is 0.481. The highest BCUT2D eigenvalue weighted by Crippen LogP contribution is 2.28. The molecule has 7 nitrogen and oxygen atoms in total. The van der Waals surface area contributed by atoms with Crippen molar-refractivity contribution in [1.82, 2.24) is 10.6 Å². The molecule has 2 aromatic carbocycles. The minimum atomic E-state index is -0.709. The first kappa shape index (κ1) is 22.4. The Hall–Kier alpha value is -3.26. The molecule has 0 fully saturated rings. The Balaban J connectivity index is 1.80. The number of nitrogens with one attached hydrogen (secondary N) is 2. The summed E-state index contributed by atoms with van der Waals surface area (Å²) < 4.78 is 10.6. The van der Waals surface area contributed by atoms with Gasteiger partial charge in [0.05, 0.1) is 23.9 Å². The predicted octanol–water partition coefficient (Wildman–Crippen LogP) is 3.58. The molecular formula is C23H24N2O5S. The van der Waals surface area contributed by atoms with Crippen LogP contribution in [0.25, 0.3) is 0 Å². The van der Waals surface area contributed by atoms with E-state index in [4.69, 9.17) is 9.47 Å². The van der Waals surface area contributed by atoms with Crippen LogP contribution in [-0.2, 0) is 19.1 Å². The molecule has 0 radical (unpaired) electrons. The van der Waals surface area contributed by atoms with Crippen LogP contribution in [0, 0.1) is 0 Å². The van der Waals surface area contributed by atoms with Gasteiger partial charge in [0, 0.05) is 4.90 Å². The fraction of sp³-hybridized carbons (Fsp3) is 0.261.